The van der Waals surface area contributed by atoms with Crippen molar-refractivity contribution in [2.45, 2.75) is 38.5 Å². The summed E-state index contributed by atoms with van der Waals surface area (Å²) in [4.78, 5) is 16.6. The number of aliphatic imine (C=N–C) groups is 1. The molecule has 1 saturated heterocycles. The predicted octanol–water partition coefficient (Wildman–Crippen LogP) is 4.13. The zero-order chi connectivity index (χ0) is 22.2. The molecule has 3 N–H and O–H groups in total. The van der Waals surface area contributed by atoms with Crippen LogP contribution < -0.4 is 16.0 Å². The van der Waals surface area contributed by atoms with E-state index in [1.807, 2.05) is 24.3 Å². The summed E-state index contributed by atoms with van der Waals surface area (Å²) in [6.45, 7) is 3.05. The molecule has 1 aromatic heterocycles. The minimum Gasteiger partial charge on any atom is -0.368 e. The lowest BCUT2D eigenvalue weighted by atomic mass is 10.2. The minimum absolute atomic E-state index is 0. The first-order valence-electron chi connectivity index (χ1n) is 11.2. The molecule has 0 bridgehead atoms. The number of hydrogen-bond donors (Lipinski definition) is 3. The fourth-order valence-electron chi connectivity index (χ4n) is 3.96. The van der Waals surface area contributed by atoms with Gasteiger partial charge in [0.1, 0.15) is 6.10 Å². The van der Waals surface area contributed by atoms with E-state index >= 15 is 0 Å². The highest BCUT2D eigenvalue weighted by Gasteiger charge is 2.23. The number of nitrogens with one attached hydrogen (secondary N) is 3. The van der Waals surface area contributed by atoms with Crippen LogP contribution in [-0.2, 0) is 22.6 Å². The van der Waals surface area contributed by atoms with Gasteiger partial charge in [-0.3, -0.25) is 9.79 Å². The lowest BCUT2D eigenvalue weighted by molar-refractivity contribution is -0.124. The van der Waals surface area contributed by atoms with Gasteiger partial charge < -0.3 is 25.3 Å². The molecule has 1 atom stereocenters. The Labute approximate surface area is 212 Å². The molecule has 176 valence electrons. The Balaban J connectivity index is 0.00000306. The summed E-state index contributed by atoms with van der Waals surface area (Å²) in [5.41, 5.74) is 3.12. The number of para-hydroxylation sites is 1. The Morgan fingerprint density at radius 3 is 2.85 bits per heavy atom. The van der Waals surface area contributed by atoms with Crippen molar-refractivity contribution in [1.82, 2.24) is 15.2 Å². The molecular formula is C25H32IN5O2. The first kappa shape index (κ1) is 25.0. The molecule has 0 spiro atoms. The number of aryl methyl sites for hydroxylation is 1. The molecule has 1 unspecified atom stereocenters. The van der Waals surface area contributed by atoms with Crippen LogP contribution in [0.2, 0.25) is 0 Å². The number of ether oxygens (including phenoxy) is 1. The van der Waals surface area contributed by atoms with Gasteiger partial charge in [-0.2, -0.15) is 0 Å². The molecular weight excluding hydrogens is 529 g/mol. The monoisotopic (exact) mass is 561 g/mol. The van der Waals surface area contributed by atoms with E-state index in [0.717, 1.165) is 49.6 Å². The number of halogens is 1. The van der Waals surface area contributed by atoms with Crippen LogP contribution in [0.5, 0.6) is 0 Å². The van der Waals surface area contributed by atoms with Crippen LogP contribution in [0, 0.1) is 0 Å². The highest BCUT2D eigenvalue weighted by atomic mass is 127. The average molecular weight is 561 g/mol. The van der Waals surface area contributed by atoms with Crippen molar-refractivity contribution in [3.8, 4) is 0 Å². The molecule has 0 saturated carbocycles. The van der Waals surface area contributed by atoms with Crippen molar-refractivity contribution >= 4 is 52.4 Å². The molecule has 2 aromatic carbocycles. The van der Waals surface area contributed by atoms with Crippen LogP contribution >= 0.6 is 24.0 Å². The van der Waals surface area contributed by atoms with Crippen LogP contribution in [0.1, 0.15) is 24.8 Å². The lowest BCUT2D eigenvalue weighted by Crippen LogP contribution is -2.37. The molecule has 0 radical (unpaired) electrons. The fourth-order valence-corrected chi connectivity index (χ4v) is 3.96. The summed E-state index contributed by atoms with van der Waals surface area (Å²) in [6.07, 6.45) is 4.53. The van der Waals surface area contributed by atoms with E-state index in [2.05, 4.69) is 62.0 Å². The molecule has 4 rings (SSSR count). The van der Waals surface area contributed by atoms with Gasteiger partial charge in [0.15, 0.2) is 5.96 Å². The van der Waals surface area contributed by atoms with Gasteiger partial charge in [-0.1, -0.05) is 30.3 Å². The van der Waals surface area contributed by atoms with E-state index in [0.29, 0.717) is 13.2 Å². The maximum atomic E-state index is 12.3. The van der Waals surface area contributed by atoms with Gasteiger partial charge >= 0.3 is 0 Å². The highest BCUT2D eigenvalue weighted by Crippen LogP contribution is 2.17. The van der Waals surface area contributed by atoms with E-state index in [-0.39, 0.29) is 36.0 Å². The number of fused-ring (bicyclic) bond motifs is 1. The first-order valence-corrected chi connectivity index (χ1v) is 11.2. The van der Waals surface area contributed by atoms with E-state index in [1.165, 1.54) is 10.9 Å². The second kappa shape index (κ2) is 12.6. The topological polar surface area (TPSA) is 79.7 Å². The highest BCUT2D eigenvalue weighted by molar-refractivity contribution is 14.0. The standard InChI is InChI=1S/C25H31N5O2.HI/c1-26-25(27-13-6-14-30-15-12-20-8-2-3-10-22(20)30)28-18-19-7-4-9-21(17-19)29-24(31)23-11-5-16-32-23;/h2-4,7-10,12,15,17,23H,5-6,11,13-14,16,18H2,1H3,(H,29,31)(H2,26,27,28);1H. The van der Waals surface area contributed by atoms with E-state index in [4.69, 9.17) is 4.74 Å². The molecule has 1 amide bonds. The second-order valence-electron chi connectivity index (χ2n) is 7.97. The van der Waals surface area contributed by atoms with E-state index in [9.17, 15) is 4.79 Å². The van der Waals surface area contributed by atoms with Gasteiger partial charge in [-0.05, 0) is 54.5 Å². The normalized spacial score (nSPS) is 15.8. The number of hydrogen-bond acceptors (Lipinski definition) is 3. The van der Waals surface area contributed by atoms with Crippen LogP contribution in [0.4, 0.5) is 5.69 Å². The molecule has 2 heterocycles. The van der Waals surface area contributed by atoms with Gasteiger partial charge in [-0.15, -0.1) is 24.0 Å². The Morgan fingerprint density at radius 2 is 2.03 bits per heavy atom. The van der Waals surface area contributed by atoms with Crippen molar-refractivity contribution < 1.29 is 9.53 Å². The Morgan fingerprint density at radius 1 is 1.15 bits per heavy atom. The first-order chi connectivity index (χ1) is 15.7. The van der Waals surface area contributed by atoms with Crippen molar-refractivity contribution in [3.63, 3.8) is 0 Å². The zero-order valence-corrected chi connectivity index (χ0v) is 21.3. The van der Waals surface area contributed by atoms with Crippen LogP contribution in [0.3, 0.4) is 0 Å². The van der Waals surface area contributed by atoms with Crippen molar-refractivity contribution in [1.29, 1.82) is 0 Å². The fraction of sp³-hybridized carbons (Fsp3) is 0.360. The smallest absolute Gasteiger partial charge is 0.253 e. The molecule has 1 aliphatic rings. The number of aromatic nitrogens is 1. The van der Waals surface area contributed by atoms with Crippen LogP contribution in [-0.4, -0.2) is 42.7 Å². The summed E-state index contributed by atoms with van der Waals surface area (Å²) in [5.74, 6) is 0.691. The number of guanidine groups is 1. The second-order valence-corrected chi connectivity index (χ2v) is 7.97. The number of rotatable bonds is 8. The Hall–Kier alpha value is -2.59. The number of amides is 1. The summed E-state index contributed by atoms with van der Waals surface area (Å²) < 4.78 is 7.73. The maximum Gasteiger partial charge on any atom is 0.253 e. The van der Waals surface area contributed by atoms with Crippen molar-refractivity contribution in [2.24, 2.45) is 4.99 Å². The molecule has 1 aliphatic heterocycles. The third-order valence-electron chi connectivity index (χ3n) is 5.65. The number of carbonyl (C=O) groups excluding carboxylic acids is 1. The van der Waals surface area contributed by atoms with Gasteiger partial charge in [-0.25, -0.2) is 0 Å². The van der Waals surface area contributed by atoms with Gasteiger partial charge in [0.05, 0.1) is 0 Å². The SMILES string of the molecule is CN=C(NCCCn1ccc2ccccc21)NCc1cccc(NC(=O)C2CCCO2)c1.I. The van der Waals surface area contributed by atoms with Crippen LogP contribution in [0.25, 0.3) is 10.9 Å². The molecule has 33 heavy (non-hydrogen) atoms. The summed E-state index contributed by atoms with van der Waals surface area (Å²) in [7, 11) is 1.77. The largest absolute Gasteiger partial charge is 0.368 e. The zero-order valence-electron chi connectivity index (χ0n) is 18.9. The summed E-state index contributed by atoms with van der Waals surface area (Å²) >= 11 is 0. The third-order valence-corrected chi connectivity index (χ3v) is 5.65. The number of benzene rings is 2. The third kappa shape index (κ3) is 6.94. The number of nitrogens with zero attached hydrogens (tertiary/aromatic N) is 2. The quantitative estimate of drug-likeness (QED) is 0.167. The van der Waals surface area contributed by atoms with Crippen molar-refractivity contribution in [2.75, 3.05) is 25.5 Å². The van der Waals surface area contributed by atoms with Crippen LogP contribution in [0.15, 0.2) is 65.8 Å². The molecule has 7 nitrogen and oxygen atoms in total. The average Bonchev–Trinajstić information content (AvgIpc) is 3.50. The van der Waals surface area contributed by atoms with Gasteiger partial charge in [0, 0.05) is 50.7 Å². The minimum atomic E-state index is -0.329. The Bertz CT molecular complexity index is 1080. The molecule has 1 fully saturated rings. The molecule has 0 aliphatic carbocycles. The van der Waals surface area contributed by atoms with Crippen molar-refractivity contribution in [3.05, 3.63) is 66.4 Å². The van der Waals surface area contributed by atoms with Gasteiger partial charge in [0.25, 0.3) is 5.91 Å². The maximum absolute atomic E-state index is 12.3. The number of carbonyl (C=O) groups is 1. The van der Waals surface area contributed by atoms with E-state index in [1.54, 1.807) is 7.05 Å². The van der Waals surface area contributed by atoms with E-state index < -0.39 is 0 Å². The van der Waals surface area contributed by atoms with Gasteiger partial charge in [0.2, 0.25) is 0 Å². The summed E-state index contributed by atoms with van der Waals surface area (Å²) in [5, 5.41) is 10.9. The lowest BCUT2D eigenvalue weighted by Gasteiger charge is -2.14. The predicted molar refractivity (Wildman–Crippen MR) is 144 cm³/mol. The number of anilines is 1. The summed E-state index contributed by atoms with van der Waals surface area (Å²) in [6, 6.07) is 18.4. The molecule has 8 heteroatoms. The Kier molecular flexibility index (Phi) is 9.56. The molecule has 3 aromatic rings.